The van der Waals surface area contributed by atoms with Crippen LogP contribution in [0.3, 0.4) is 0 Å². The van der Waals surface area contributed by atoms with Crippen molar-refractivity contribution in [2.75, 3.05) is 0 Å². The van der Waals surface area contributed by atoms with Crippen LogP contribution in [0.1, 0.15) is 32.1 Å². The molecule has 1 amide bonds. The largest absolute Gasteiger partial charge is 0.493 e. The summed E-state index contributed by atoms with van der Waals surface area (Å²) in [7, 11) is 0. The van der Waals surface area contributed by atoms with E-state index in [1.807, 2.05) is 0 Å². The Morgan fingerprint density at radius 2 is 2.05 bits per heavy atom. The number of rotatable bonds is 2. The number of nitrogens with one attached hydrogen (secondary N) is 1. The molecule has 1 aliphatic rings. The standard InChI is InChI=1S/C15H16FN3O2/c16-10-6-7-12-11(8-10)13(15(21)17-12)18-19-14(20)9-4-2-1-3-5-9/h6-9,17,21H,1-5H2. The van der Waals surface area contributed by atoms with Crippen LogP contribution >= 0.6 is 0 Å². The molecule has 0 atom stereocenters. The average Bonchev–Trinajstić information content (AvgIpc) is 2.80. The van der Waals surface area contributed by atoms with E-state index in [9.17, 15) is 14.3 Å². The van der Waals surface area contributed by atoms with Gasteiger partial charge in [0.15, 0.2) is 5.69 Å². The topological polar surface area (TPSA) is 77.8 Å². The molecule has 0 spiro atoms. The van der Waals surface area contributed by atoms with E-state index in [0.29, 0.717) is 10.9 Å². The number of aromatic amines is 1. The Balaban J connectivity index is 1.86. The van der Waals surface area contributed by atoms with E-state index in [1.165, 1.54) is 18.2 Å². The number of H-pyrrole nitrogens is 1. The zero-order chi connectivity index (χ0) is 14.8. The molecule has 0 unspecified atom stereocenters. The second kappa shape index (κ2) is 5.63. The minimum Gasteiger partial charge on any atom is -0.493 e. The number of hydrogen-bond acceptors (Lipinski definition) is 3. The highest BCUT2D eigenvalue weighted by molar-refractivity contribution is 5.94. The summed E-state index contributed by atoms with van der Waals surface area (Å²) in [4.78, 5) is 14.7. The van der Waals surface area contributed by atoms with Crippen molar-refractivity contribution in [1.82, 2.24) is 4.98 Å². The molecule has 3 rings (SSSR count). The summed E-state index contributed by atoms with van der Waals surface area (Å²) in [5.41, 5.74) is 0.654. The Kier molecular flexibility index (Phi) is 3.68. The van der Waals surface area contributed by atoms with Gasteiger partial charge in [-0.15, -0.1) is 10.2 Å². The molecule has 0 bridgehead atoms. The number of hydrogen-bond donors (Lipinski definition) is 2. The zero-order valence-electron chi connectivity index (χ0n) is 11.5. The number of nitrogens with zero attached hydrogens (tertiary/aromatic N) is 2. The van der Waals surface area contributed by atoms with Gasteiger partial charge in [-0.1, -0.05) is 19.3 Å². The first kappa shape index (κ1) is 13.7. The summed E-state index contributed by atoms with van der Waals surface area (Å²) < 4.78 is 13.3. The fourth-order valence-electron chi connectivity index (χ4n) is 2.77. The van der Waals surface area contributed by atoms with Crippen molar-refractivity contribution in [1.29, 1.82) is 0 Å². The zero-order valence-corrected chi connectivity index (χ0v) is 11.5. The first-order valence-electron chi connectivity index (χ1n) is 7.11. The van der Waals surface area contributed by atoms with Gasteiger partial charge in [-0.05, 0) is 31.0 Å². The van der Waals surface area contributed by atoms with E-state index in [2.05, 4.69) is 15.2 Å². The number of aromatic nitrogens is 1. The third-order valence-corrected chi connectivity index (χ3v) is 3.92. The Bertz CT molecular complexity index is 702. The van der Waals surface area contributed by atoms with Crippen molar-refractivity contribution in [2.45, 2.75) is 32.1 Å². The molecule has 2 aromatic rings. The lowest BCUT2D eigenvalue weighted by Crippen LogP contribution is -2.15. The molecule has 2 N–H and O–H groups in total. The maximum atomic E-state index is 13.3. The summed E-state index contributed by atoms with van der Waals surface area (Å²) in [6.45, 7) is 0. The number of aromatic hydroxyl groups is 1. The molecule has 110 valence electrons. The van der Waals surface area contributed by atoms with Crippen LogP contribution in [0.4, 0.5) is 10.1 Å². The lowest BCUT2D eigenvalue weighted by atomic mass is 9.89. The van der Waals surface area contributed by atoms with Crippen molar-refractivity contribution >= 4 is 22.5 Å². The number of carbonyl (C=O) groups is 1. The molecule has 1 aromatic carbocycles. The summed E-state index contributed by atoms with van der Waals surface area (Å²) in [5.74, 6) is -0.987. The van der Waals surface area contributed by atoms with E-state index in [4.69, 9.17) is 0 Å². The van der Waals surface area contributed by atoms with E-state index >= 15 is 0 Å². The van der Waals surface area contributed by atoms with Crippen LogP contribution in [0, 0.1) is 11.7 Å². The van der Waals surface area contributed by atoms with Crippen LogP contribution in [0.25, 0.3) is 10.9 Å². The Labute approximate surface area is 120 Å². The third kappa shape index (κ3) is 2.79. The quantitative estimate of drug-likeness (QED) is 0.812. The van der Waals surface area contributed by atoms with Crippen LogP contribution in [0.5, 0.6) is 5.88 Å². The van der Waals surface area contributed by atoms with Gasteiger partial charge in [0, 0.05) is 11.3 Å². The molecule has 1 fully saturated rings. The maximum absolute atomic E-state index is 13.3. The summed E-state index contributed by atoms with van der Waals surface area (Å²) in [6, 6.07) is 4.05. The van der Waals surface area contributed by atoms with E-state index in [1.54, 1.807) is 0 Å². The van der Waals surface area contributed by atoms with E-state index in [0.717, 1.165) is 32.1 Å². The summed E-state index contributed by atoms with van der Waals surface area (Å²) >= 11 is 0. The number of fused-ring (bicyclic) bond motifs is 1. The molecule has 21 heavy (non-hydrogen) atoms. The fraction of sp³-hybridized carbons (Fsp3) is 0.400. The van der Waals surface area contributed by atoms with Gasteiger partial charge in [0.05, 0.1) is 5.52 Å². The second-order valence-corrected chi connectivity index (χ2v) is 5.39. The average molecular weight is 289 g/mol. The lowest BCUT2D eigenvalue weighted by Gasteiger charge is -2.17. The van der Waals surface area contributed by atoms with E-state index in [-0.39, 0.29) is 23.4 Å². The van der Waals surface area contributed by atoms with Gasteiger partial charge in [-0.25, -0.2) is 4.39 Å². The molecular weight excluding hydrogens is 273 g/mol. The third-order valence-electron chi connectivity index (χ3n) is 3.92. The summed E-state index contributed by atoms with van der Waals surface area (Å²) in [5, 5.41) is 17.8. The van der Waals surface area contributed by atoms with Crippen LogP contribution in [0.15, 0.2) is 28.4 Å². The van der Waals surface area contributed by atoms with Crippen molar-refractivity contribution in [3.05, 3.63) is 24.0 Å². The number of benzene rings is 1. The van der Waals surface area contributed by atoms with Crippen molar-refractivity contribution in [2.24, 2.45) is 16.1 Å². The highest BCUT2D eigenvalue weighted by Gasteiger charge is 2.21. The highest BCUT2D eigenvalue weighted by atomic mass is 19.1. The van der Waals surface area contributed by atoms with Crippen molar-refractivity contribution in [3.63, 3.8) is 0 Å². The molecule has 0 radical (unpaired) electrons. The van der Waals surface area contributed by atoms with Gasteiger partial charge < -0.3 is 10.1 Å². The molecule has 0 saturated heterocycles. The van der Waals surface area contributed by atoms with Gasteiger partial charge in [0.1, 0.15) is 5.82 Å². The van der Waals surface area contributed by atoms with Crippen LogP contribution in [-0.4, -0.2) is 16.0 Å². The molecule has 1 aliphatic carbocycles. The normalized spacial score (nSPS) is 16.8. The smallest absolute Gasteiger partial charge is 0.267 e. The van der Waals surface area contributed by atoms with Crippen LogP contribution < -0.4 is 0 Å². The first-order chi connectivity index (χ1) is 10.1. The van der Waals surface area contributed by atoms with Crippen LogP contribution in [-0.2, 0) is 4.79 Å². The van der Waals surface area contributed by atoms with Gasteiger partial charge >= 0.3 is 0 Å². The van der Waals surface area contributed by atoms with Gasteiger partial charge in [-0.2, -0.15) is 0 Å². The highest BCUT2D eigenvalue weighted by Crippen LogP contribution is 2.36. The molecule has 6 heteroatoms. The first-order valence-corrected chi connectivity index (χ1v) is 7.11. The van der Waals surface area contributed by atoms with Crippen molar-refractivity contribution in [3.8, 4) is 5.88 Å². The molecule has 1 saturated carbocycles. The van der Waals surface area contributed by atoms with Gasteiger partial charge in [0.2, 0.25) is 5.88 Å². The Hall–Kier alpha value is -2.24. The molecule has 5 nitrogen and oxygen atoms in total. The van der Waals surface area contributed by atoms with E-state index < -0.39 is 5.82 Å². The minimum atomic E-state index is -0.434. The molecule has 0 aliphatic heterocycles. The predicted molar refractivity (Wildman–Crippen MR) is 76.0 cm³/mol. The number of amides is 1. The molecule has 1 heterocycles. The number of carbonyl (C=O) groups excluding carboxylic acids is 1. The predicted octanol–water partition coefficient (Wildman–Crippen LogP) is 4.20. The molecule has 1 aromatic heterocycles. The van der Waals surface area contributed by atoms with Crippen LogP contribution in [0.2, 0.25) is 0 Å². The molecular formula is C15H16FN3O2. The number of halogens is 1. The monoisotopic (exact) mass is 289 g/mol. The Morgan fingerprint density at radius 3 is 2.81 bits per heavy atom. The van der Waals surface area contributed by atoms with Gasteiger partial charge in [0.25, 0.3) is 5.91 Å². The second-order valence-electron chi connectivity index (χ2n) is 5.39. The SMILES string of the molecule is O=C(N=Nc1c(O)[nH]c2ccc(F)cc12)C1CCCCC1. The lowest BCUT2D eigenvalue weighted by molar-refractivity contribution is -0.122. The maximum Gasteiger partial charge on any atom is 0.267 e. The summed E-state index contributed by atoms with van der Waals surface area (Å²) in [6.07, 6.45) is 4.91. The van der Waals surface area contributed by atoms with Crippen molar-refractivity contribution < 1.29 is 14.3 Å². The number of azo groups is 1. The van der Waals surface area contributed by atoms with Gasteiger partial charge in [-0.3, -0.25) is 4.79 Å². The Morgan fingerprint density at radius 1 is 1.29 bits per heavy atom. The fourth-order valence-corrected chi connectivity index (χ4v) is 2.77. The minimum absolute atomic E-state index is 0.0772.